The minimum atomic E-state index is -4.49. The van der Waals surface area contributed by atoms with E-state index in [1.807, 2.05) is 53.3 Å². The maximum Gasteiger partial charge on any atom is 0.326 e. The van der Waals surface area contributed by atoms with Crippen molar-refractivity contribution in [1.29, 1.82) is 0 Å². The number of nitrogens with one attached hydrogen (secondary N) is 3. The molecule has 286 valence electrons. The van der Waals surface area contributed by atoms with E-state index in [4.69, 9.17) is 4.43 Å². The number of carbonyl (C=O) groups excluding carboxylic acids is 1. The van der Waals surface area contributed by atoms with Gasteiger partial charge in [-0.1, -0.05) is 70.5 Å². The largest absolute Gasteiger partial charge is 0.415 e. The molecule has 1 atom stereocenters. The molecule has 0 fully saturated rings. The zero-order valence-corrected chi connectivity index (χ0v) is 34.0. The minimum Gasteiger partial charge on any atom is -0.415 e. The van der Waals surface area contributed by atoms with Crippen LogP contribution in [0.25, 0.3) is 22.2 Å². The number of nitrogens with zero attached hydrogens (tertiary/aromatic N) is 2. The van der Waals surface area contributed by atoms with Crippen molar-refractivity contribution in [3.63, 3.8) is 0 Å². The third-order valence-electron chi connectivity index (χ3n) is 9.70. The van der Waals surface area contributed by atoms with E-state index in [0.717, 1.165) is 40.4 Å². The minimum absolute atomic E-state index is 0.0442. The predicted octanol–water partition coefficient (Wildman–Crippen LogP) is 8.42. The number of unbranched alkanes of at least 4 members (excludes halogenated alkanes) is 1. The number of anilines is 1. The molecule has 5 aromatic rings. The third-order valence-corrected chi connectivity index (χ3v) is 16.7. The summed E-state index contributed by atoms with van der Waals surface area (Å²) in [6.07, 6.45) is 1.85. The first-order valence-electron chi connectivity index (χ1n) is 17.8. The van der Waals surface area contributed by atoms with Crippen LogP contribution in [0.5, 0.6) is 0 Å². The first-order valence-corrected chi connectivity index (χ1v) is 23.1. The molecule has 12 nitrogen and oxygen atoms in total. The topological polar surface area (TPSA) is 165 Å². The highest BCUT2D eigenvalue weighted by Crippen LogP contribution is 2.37. The van der Waals surface area contributed by atoms with Crippen molar-refractivity contribution in [1.82, 2.24) is 14.3 Å². The summed E-state index contributed by atoms with van der Waals surface area (Å²) in [7, 11) is -6.64. The van der Waals surface area contributed by atoms with E-state index in [1.165, 1.54) is 24.3 Å². The molecule has 1 amide bonds. The molecule has 3 N–H and O–H groups in total. The Kier molecular flexibility index (Phi) is 12.6. The van der Waals surface area contributed by atoms with Gasteiger partial charge in [0.1, 0.15) is 5.69 Å². The number of H-pyrrole nitrogens is 1. The van der Waals surface area contributed by atoms with Crippen LogP contribution in [-0.4, -0.2) is 55.5 Å². The van der Waals surface area contributed by atoms with Crippen LogP contribution in [0.3, 0.4) is 0 Å². The number of hydrogen-bond acceptors (Lipinski definition) is 9. The second-order valence-corrected chi connectivity index (χ2v) is 22.2. The van der Waals surface area contributed by atoms with Crippen LogP contribution in [0.1, 0.15) is 50.9 Å². The molecule has 0 aliphatic carbocycles. The van der Waals surface area contributed by atoms with Crippen molar-refractivity contribution in [2.75, 3.05) is 17.7 Å². The SMILES string of the molecule is CCCCn1c(=O)[nH]c2cc(-c3ccc(C(=O)NS(=O)(=O)c4ccc(N[C@H](CO[Si](C)(C)C(C)(C)C)CSc5ccccc5)c([N+](=O)[O-])c4)cc3)ccc21. The lowest BCUT2D eigenvalue weighted by Crippen LogP contribution is -2.44. The lowest BCUT2D eigenvalue weighted by molar-refractivity contribution is -0.384. The molecule has 4 aromatic carbocycles. The number of hydrogen-bond donors (Lipinski definition) is 3. The van der Waals surface area contributed by atoms with Crippen molar-refractivity contribution in [3.8, 4) is 11.1 Å². The normalized spacial score (nSPS) is 12.8. The Morgan fingerprint density at radius 1 is 1.00 bits per heavy atom. The molecular formula is C39H47N5O7S2Si. The van der Waals surface area contributed by atoms with Crippen molar-refractivity contribution in [3.05, 3.63) is 117 Å². The molecule has 0 aliphatic heterocycles. The van der Waals surface area contributed by atoms with Gasteiger partial charge < -0.3 is 14.7 Å². The molecule has 5 rings (SSSR count). The van der Waals surface area contributed by atoms with Gasteiger partial charge in [0, 0.05) is 28.8 Å². The Balaban J connectivity index is 1.31. The summed E-state index contributed by atoms with van der Waals surface area (Å²) in [6, 6.07) is 24.9. The molecule has 0 spiro atoms. The number of aromatic nitrogens is 2. The third kappa shape index (κ3) is 9.69. The van der Waals surface area contributed by atoms with Crippen LogP contribution < -0.4 is 15.7 Å². The summed E-state index contributed by atoms with van der Waals surface area (Å²) >= 11 is 1.58. The molecule has 0 unspecified atom stereocenters. The molecule has 1 heterocycles. The Morgan fingerprint density at radius 2 is 1.69 bits per heavy atom. The highest BCUT2D eigenvalue weighted by molar-refractivity contribution is 7.99. The zero-order valence-electron chi connectivity index (χ0n) is 31.3. The molecule has 0 saturated carbocycles. The van der Waals surface area contributed by atoms with Gasteiger partial charge in [-0.25, -0.2) is 17.9 Å². The van der Waals surface area contributed by atoms with Gasteiger partial charge in [-0.05, 0) is 84.2 Å². The van der Waals surface area contributed by atoms with Gasteiger partial charge in [0.25, 0.3) is 21.6 Å². The second kappa shape index (κ2) is 16.8. The van der Waals surface area contributed by atoms with Crippen molar-refractivity contribution < 1.29 is 22.6 Å². The fourth-order valence-corrected chi connectivity index (χ4v) is 8.44. The number of benzene rings is 4. The number of amides is 1. The maximum atomic E-state index is 13.4. The van der Waals surface area contributed by atoms with Crippen molar-refractivity contribution in [2.24, 2.45) is 0 Å². The number of sulfonamides is 1. The lowest BCUT2D eigenvalue weighted by Gasteiger charge is -2.37. The van der Waals surface area contributed by atoms with E-state index in [0.29, 0.717) is 24.4 Å². The van der Waals surface area contributed by atoms with Gasteiger partial charge in [0.2, 0.25) is 0 Å². The number of aromatic amines is 1. The first kappa shape index (κ1) is 40.5. The molecule has 0 saturated heterocycles. The Morgan fingerprint density at radius 3 is 2.33 bits per heavy atom. The van der Waals surface area contributed by atoms with Gasteiger partial charge in [-0.3, -0.25) is 19.5 Å². The summed E-state index contributed by atoms with van der Waals surface area (Å²) in [5.74, 6) is -0.356. The van der Waals surface area contributed by atoms with E-state index in [1.54, 1.807) is 28.5 Å². The van der Waals surface area contributed by atoms with Crippen molar-refractivity contribution >= 4 is 58.4 Å². The summed E-state index contributed by atoms with van der Waals surface area (Å²) in [4.78, 5) is 40.7. The molecule has 0 bridgehead atoms. The summed E-state index contributed by atoms with van der Waals surface area (Å²) in [5, 5.41) is 15.5. The number of fused-ring (bicyclic) bond motifs is 1. The Hall–Kier alpha value is -4.70. The summed E-state index contributed by atoms with van der Waals surface area (Å²) < 4.78 is 37.0. The van der Waals surface area contributed by atoms with E-state index in [-0.39, 0.29) is 28.0 Å². The molecular weight excluding hydrogens is 743 g/mol. The number of aryl methyl sites for hydroxylation is 1. The predicted molar refractivity (Wildman–Crippen MR) is 218 cm³/mol. The second-order valence-electron chi connectivity index (χ2n) is 14.7. The van der Waals surface area contributed by atoms with Crippen LogP contribution in [0.4, 0.5) is 11.4 Å². The fourth-order valence-electron chi connectivity index (χ4n) is 5.48. The first-order chi connectivity index (χ1) is 25.5. The van der Waals surface area contributed by atoms with E-state index >= 15 is 0 Å². The number of nitro groups is 1. The molecule has 15 heteroatoms. The Bertz CT molecular complexity index is 2280. The van der Waals surface area contributed by atoms with Gasteiger partial charge in [-0.15, -0.1) is 11.8 Å². The van der Waals surface area contributed by atoms with Gasteiger partial charge in [0.05, 0.1) is 33.5 Å². The fraction of sp³-hybridized carbons (Fsp3) is 0.333. The number of thioether (sulfide) groups is 1. The lowest BCUT2D eigenvalue weighted by atomic mass is 10.0. The van der Waals surface area contributed by atoms with Crippen LogP contribution >= 0.6 is 11.8 Å². The molecule has 1 aromatic heterocycles. The van der Waals surface area contributed by atoms with Gasteiger partial charge in [0.15, 0.2) is 8.32 Å². The smallest absolute Gasteiger partial charge is 0.326 e. The molecule has 0 radical (unpaired) electrons. The van der Waals surface area contributed by atoms with Gasteiger partial charge >= 0.3 is 5.69 Å². The van der Waals surface area contributed by atoms with Crippen molar-refractivity contribution in [2.45, 2.75) is 81.0 Å². The van der Waals surface area contributed by atoms with Gasteiger partial charge in [-0.2, -0.15) is 0 Å². The Labute approximate surface area is 321 Å². The average Bonchev–Trinajstić information content (AvgIpc) is 3.45. The number of carbonyl (C=O) groups is 1. The van der Waals surface area contributed by atoms with Crippen LogP contribution in [0.15, 0.2) is 106 Å². The number of imidazole rings is 1. The zero-order chi connectivity index (χ0) is 39.3. The monoisotopic (exact) mass is 789 g/mol. The number of nitro benzene ring substituents is 1. The van der Waals surface area contributed by atoms with Crippen LogP contribution in [0, 0.1) is 10.1 Å². The van der Waals surface area contributed by atoms with Crippen LogP contribution in [0.2, 0.25) is 18.1 Å². The number of rotatable bonds is 16. The quantitative estimate of drug-likeness (QED) is 0.0385. The maximum absolute atomic E-state index is 13.4. The standard InChI is InChI=1S/C39H47N5O7S2Si/c1-7-8-22-43-35-21-18-29(23-34(35)41-38(43)46)27-14-16-28(17-15-27)37(45)42-53(49,50)32-19-20-33(36(24-32)44(47)48)40-30(25-51-54(5,6)39(2,3)4)26-52-31-12-10-9-11-13-31/h9-21,23-24,30,40H,7-8,22,25-26H2,1-6H3,(H,41,46)(H,42,45)/t30-/m1/s1. The highest BCUT2D eigenvalue weighted by Gasteiger charge is 2.38. The van der Waals surface area contributed by atoms with E-state index in [2.05, 4.69) is 51.1 Å². The van der Waals surface area contributed by atoms with E-state index in [9.17, 15) is 28.1 Å². The van der Waals surface area contributed by atoms with Crippen LogP contribution in [-0.2, 0) is 21.0 Å². The highest BCUT2D eigenvalue weighted by atomic mass is 32.2. The average molecular weight is 790 g/mol. The molecule has 0 aliphatic rings. The summed E-state index contributed by atoms with van der Waals surface area (Å²) in [5.41, 5.74) is 2.66. The molecule has 54 heavy (non-hydrogen) atoms. The summed E-state index contributed by atoms with van der Waals surface area (Å²) in [6.45, 7) is 13.7. The van der Waals surface area contributed by atoms with E-state index < -0.39 is 39.8 Å².